The van der Waals surface area contributed by atoms with Gasteiger partial charge in [-0.05, 0) is 0 Å². The monoisotopic (exact) mass is 128 g/mol. The summed E-state index contributed by atoms with van der Waals surface area (Å²) in [6.07, 6.45) is 1.63. The van der Waals surface area contributed by atoms with Crippen molar-refractivity contribution in [1.82, 2.24) is 15.5 Å². The molecule has 0 unspecified atom stereocenters. The number of amides is 1. The molecule has 0 aromatic heterocycles. The lowest BCUT2D eigenvalue weighted by Gasteiger charge is -2.10. The Bertz CT molecular complexity index is 90.2. The van der Waals surface area contributed by atoms with Gasteiger partial charge in [0.05, 0.1) is 6.67 Å². The summed E-state index contributed by atoms with van der Waals surface area (Å²) in [6.45, 7) is 3.50. The molecule has 0 bridgehead atoms. The minimum absolute atomic E-state index is 0.608. The van der Waals surface area contributed by atoms with Gasteiger partial charge < -0.3 is 10.6 Å². The number of rotatable bonds is 3. The van der Waals surface area contributed by atoms with Gasteiger partial charge in [-0.25, -0.2) is 0 Å². The molecular formula is C5H10N3O. The second-order valence-electron chi connectivity index (χ2n) is 1.99. The van der Waals surface area contributed by atoms with Gasteiger partial charge in [-0.15, -0.1) is 0 Å². The van der Waals surface area contributed by atoms with Crippen molar-refractivity contribution in [3.63, 3.8) is 0 Å². The number of carbonyl (C=O) groups excluding carboxylic acids is 1. The van der Waals surface area contributed by atoms with Crippen LogP contribution in [0.1, 0.15) is 0 Å². The minimum atomic E-state index is 0.608. The van der Waals surface area contributed by atoms with E-state index in [1.807, 2.05) is 0 Å². The average Bonchev–Trinajstić information content (AvgIpc) is 2.34. The largest absolute Gasteiger partial charge is 0.335 e. The third-order valence-corrected chi connectivity index (χ3v) is 1.32. The third-order valence-electron chi connectivity index (χ3n) is 1.32. The highest BCUT2D eigenvalue weighted by atomic mass is 16.1. The molecule has 1 rings (SSSR count). The van der Waals surface area contributed by atoms with Gasteiger partial charge in [0, 0.05) is 19.8 Å². The molecule has 1 radical (unpaired) electrons. The average molecular weight is 128 g/mol. The lowest BCUT2D eigenvalue weighted by Crippen LogP contribution is -2.32. The fourth-order valence-corrected chi connectivity index (χ4v) is 0.832. The van der Waals surface area contributed by atoms with Gasteiger partial charge >= 0.3 is 6.41 Å². The summed E-state index contributed by atoms with van der Waals surface area (Å²) in [5.41, 5.74) is 0. The number of nitrogens with one attached hydrogen (secondary N) is 2. The van der Waals surface area contributed by atoms with Crippen LogP contribution in [0.3, 0.4) is 0 Å². The molecular weight excluding hydrogens is 118 g/mol. The lowest BCUT2D eigenvalue weighted by molar-refractivity contribution is 0.325. The zero-order valence-electron chi connectivity index (χ0n) is 5.18. The number of nitrogens with zero attached hydrogens (tertiary/aromatic N) is 1. The van der Waals surface area contributed by atoms with Gasteiger partial charge in [0.25, 0.3) is 0 Å². The van der Waals surface area contributed by atoms with E-state index >= 15 is 0 Å². The predicted octanol–water partition coefficient (Wildman–Crippen LogP) is -1.54. The van der Waals surface area contributed by atoms with Gasteiger partial charge in [-0.3, -0.25) is 9.69 Å². The molecule has 0 aromatic carbocycles. The molecule has 51 valence electrons. The number of hydrogen-bond donors (Lipinski definition) is 2. The molecule has 9 heavy (non-hydrogen) atoms. The molecule has 1 saturated heterocycles. The molecule has 0 aromatic rings. The summed E-state index contributed by atoms with van der Waals surface area (Å²) in [4.78, 5) is 11.8. The second-order valence-corrected chi connectivity index (χ2v) is 1.99. The van der Waals surface area contributed by atoms with Crippen LogP contribution in [0.15, 0.2) is 0 Å². The van der Waals surface area contributed by atoms with Crippen LogP contribution in [0.25, 0.3) is 0 Å². The van der Waals surface area contributed by atoms with E-state index in [2.05, 4.69) is 15.5 Å². The molecule has 1 aliphatic heterocycles. The van der Waals surface area contributed by atoms with E-state index in [1.165, 1.54) is 0 Å². The van der Waals surface area contributed by atoms with Crippen molar-refractivity contribution in [1.29, 1.82) is 0 Å². The zero-order chi connectivity index (χ0) is 6.53. The van der Waals surface area contributed by atoms with Crippen molar-refractivity contribution in [3.05, 3.63) is 0 Å². The standard InChI is InChI=1S/C5H10N3O/c9-5-7-4-8-2-1-6-3-8/h6H,1-4H2,(H,7,9). The Hall–Kier alpha value is -0.610. The van der Waals surface area contributed by atoms with E-state index in [-0.39, 0.29) is 0 Å². The molecule has 0 atom stereocenters. The summed E-state index contributed by atoms with van der Waals surface area (Å²) in [7, 11) is 0. The molecule has 0 spiro atoms. The topological polar surface area (TPSA) is 44.4 Å². The summed E-state index contributed by atoms with van der Waals surface area (Å²) in [6, 6.07) is 0. The first-order chi connectivity index (χ1) is 4.43. The molecule has 4 nitrogen and oxygen atoms in total. The van der Waals surface area contributed by atoms with Crippen molar-refractivity contribution in [3.8, 4) is 0 Å². The number of hydrogen-bond acceptors (Lipinski definition) is 3. The van der Waals surface area contributed by atoms with Crippen molar-refractivity contribution < 1.29 is 4.79 Å². The molecule has 4 heteroatoms. The molecule has 1 aliphatic rings. The fourth-order valence-electron chi connectivity index (χ4n) is 0.832. The normalized spacial score (nSPS) is 20.0. The molecule has 2 N–H and O–H groups in total. The van der Waals surface area contributed by atoms with Crippen molar-refractivity contribution in [2.45, 2.75) is 0 Å². The third kappa shape index (κ3) is 1.99. The van der Waals surface area contributed by atoms with Gasteiger partial charge in [0.2, 0.25) is 0 Å². The summed E-state index contributed by atoms with van der Waals surface area (Å²) < 4.78 is 0. The van der Waals surface area contributed by atoms with Gasteiger partial charge in [0.1, 0.15) is 0 Å². The van der Waals surface area contributed by atoms with Gasteiger partial charge in [0.15, 0.2) is 0 Å². The van der Waals surface area contributed by atoms with Crippen LogP contribution in [-0.2, 0) is 4.79 Å². The van der Waals surface area contributed by atoms with Crippen LogP contribution >= 0.6 is 0 Å². The van der Waals surface area contributed by atoms with E-state index in [9.17, 15) is 4.79 Å². The predicted molar refractivity (Wildman–Crippen MR) is 33.3 cm³/mol. The highest BCUT2D eigenvalue weighted by Crippen LogP contribution is 1.87. The van der Waals surface area contributed by atoms with Crippen molar-refractivity contribution >= 4 is 6.41 Å². The molecule has 0 aliphatic carbocycles. The Morgan fingerprint density at radius 2 is 2.67 bits per heavy atom. The molecule has 0 saturated carbocycles. The Kier molecular flexibility index (Phi) is 2.48. The first-order valence-electron chi connectivity index (χ1n) is 2.96. The Morgan fingerprint density at radius 3 is 3.22 bits per heavy atom. The zero-order valence-corrected chi connectivity index (χ0v) is 5.18. The highest BCUT2D eigenvalue weighted by Gasteiger charge is 2.08. The minimum Gasteiger partial charge on any atom is -0.335 e. The first kappa shape index (κ1) is 6.51. The van der Waals surface area contributed by atoms with E-state index < -0.39 is 0 Å². The summed E-state index contributed by atoms with van der Waals surface area (Å²) in [5, 5.41) is 5.61. The van der Waals surface area contributed by atoms with Crippen LogP contribution in [0.4, 0.5) is 0 Å². The van der Waals surface area contributed by atoms with Crippen molar-refractivity contribution in [2.24, 2.45) is 0 Å². The maximum atomic E-state index is 9.68. The second kappa shape index (κ2) is 3.42. The smallest absolute Gasteiger partial charge is 0.310 e. The Morgan fingerprint density at radius 1 is 1.78 bits per heavy atom. The quantitative estimate of drug-likeness (QED) is 0.453. The van der Waals surface area contributed by atoms with Gasteiger partial charge in [-0.1, -0.05) is 0 Å². The maximum absolute atomic E-state index is 9.68. The maximum Gasteiger partial charge on any atom is 0.310 e. The molecule has 1 heterocycles. The van der Waals surface area contributed by atoms with Crippen LogP contribution in [0.2, 0.25) is 0 Å². The Balaban J connectivity index is 2.04. The van der Waals surface area contributed by atoms with E-state index in [0.717, 1.165) is 19.8 Å². The van der Waals surface area contributed by atoms with Crippen LogP contribution in [0.5, 0.6) is 0 Å². The van der Waals surface area contributed by atoms with Crippen LogP contribution in [0, 0.1) is 0 Å². The van der Waals surface area contributed by atoms with E-state index in [0.29, 0.717) is 6.67 Å². The lowest BCUT2D eigenvalue weighted by atomic mass is 10.6. The van der Waals surface area contributed by atoms with Crippen LogP contribution in [-0.4, -0.2) is 37.7 Å². The van der Waals surface area contributed by atoms with Crippen molar-refractivity contribution in [2.75, 3.05) is 26.4 Å². The highest BCUT2D eigenvalue weighted by molar-refractivity contribution is 5.46. The van der Waals surface area contributed by atoms with E-state index in [4.69, 9.17) is 0 Å². The summed E-state index contributed by atoms with van der Waals surface area (Å²) >= 11 is 0. The van der Waals surface area contributed by atoms with Gasteiger partial charge in [-0.2, -0.15) is 0 Å². The van der Waals surface area contributed by atoms with Crippen LogP contribution < -0.4 is 10.6 Å². The SMILES string of the molecule is O=[C]NCN1CCNC1. The Labute approximate surface area is 54.2 Å². The fraction of sp³-hybridized carbons (Fsp3) is 0.800. The molecule has 1 amide bonds. The first-order valence-corrected chi connectivity index (χ1v) is 2.96. The summed E-state index contributed by atoms with van der Waals surface area (Å²) in [5.74, 6) is 0. The molecule has 1 fully saturated rings. The van der Waals surface area contributed by atoms with E-state index in [1.54, 1.807) is 6.41 Å².